The molecule has 1 saturated carbocycles. The molecule has 2 saturated heterocycles. The molecule has 3 fully saturated rings. The van der Waals surface area contributed by atoms with E-state index in [2.05, 4.69) is 0 Å². The van der Waals surface area contributed by atoms with E-state index in [-0.39, 0.29) is 24.5 Å². The maximum absolute atomic E-state index is 14.3. The summed E-state index contributed by atoms with van der Waals surface area (Å²) in [5, 5.41) is 0. The monoisotopic (exact) mass is 442 g/mol. The summed E-state index contributed by atoms with van der Waals surface area (Å²) in [4.78, 5) is 29.7. The molecule has 8 heteroatoms. The first-order valence-corrected chi connectivity index (χ1v) is 11.9. The van der Waals surface area contributed by atoms with Crippen molar-refractivity contribution in [3.8, 4) is 0 Å². The van der Waals surface area contributed by atoms with Gasteiger partial charge in [-0.25, -0.2) is 14.1 Å². The molecule has 0 amide bonds. The van der Waals surface area contributed by atoms with Crippen molar-refractivity contribution in [2.45, 2.75) is 96.4 Å². The number of ether oxygens (including phenoxy) is 3. The van der Waals surface area contributed by atoms with Crippen LogP contribution in [0.15, 0.2) is 0 Å². The van der Waals surface area contributed by atoms with Crippen LogP contribution in [0.25, 0.3) is 0 Å². The molecular formula is C23H39FN2O5. The van der Waals surface area contributed by atoms with Crippen LogP contribution in [0.1, 0.15) is 72.6 Å². The fourth-order valence-corrected chi connectivity index (χ4v) is 4.92. The van der Waals surface area contributed by atoms with E-state index in [0.717, 1.165) is 12.8 Å². The van der Waals surface area contributed by atoms with Gasteiger partial charge in [-0.05, 0) is 72.6 Å². The minimum absolute atomic E-state index is 0.121. The van der Waals surface area contributed by atoms with Crippen molar-refractivity contribution in [2.75, 3.05) is 32.8 Å². The third-order valence-corrected chi connectivity index (χ3v) is 6.38. The fourth-order valence-electron chi connectivity index (χ4n) is 4.92. The zero-order valence-corrected chi connectivity index (χ0v) is 19.5. The van der Waals surface area contributed by atoms with Gasteiger partial charge in [0.05, 0.1) is 18.6 Å². The van der Waals surface area contributed by atoms with Gasteiger partial charge >= 0.3 is 11.9 Å². The van der Waals surface area contributed by atoms with Crippen LogP contribution in [0.2, 0.25) is 0 Å². The van der Waals surface area contributed by atoms with Crippen LogP contribution in [0.4, 0.5) is 4.39 Å². The Morgan fingerprint density at radius 1 is 0.968 bits per heavy atom. The smallest absolute Gasteiger partial charge is 0.371 e. The van der Waals surface area contributed by atoms with Crippen LogP contribution in [0.5, 0.6) is 0 Å². The highest BCUT2D eigenvalue weighted by Crippen LogP contribution is 2.38. The maximum Gasteiger partial charge on any atom is 0.371 e. The summed E-state index contributed by atoms with van der Waals surface area (Å²) in [5.41, 5.74) is -0.679. The lowest BCUT2D eigenvalue weighted by atomic mass is 9.87. The summed E-state index contributed by atoms with van der Waals surface area (Å²) in [7, 11) is 0. The molecule has 2 aliphatic heterocycles. The van der Waals surface area contributed by atoms with Crippen LogP contribution in [0.3, 0.4) is 0 Å². The molecule has 0 aromatic heterocycles. The van der Waals surface area contributed by atoms with Crippen LogP contribution in [-0.4, -0.2) is 78.2 Å². The second-order valence-corrected chi connectivity index (χ2v) is 9.98. The molecule has 7 nitrogen and oxygen atoms in total. The second-order valence-electron chi connectivity index (χ2n) is 9.98. The number of alkyl halides is 1. The van der Waals surface area contributed by atoms with Crippen molar-refractivity contribution in [2.24, 2.45) is 5.92 Å². The summed E-state index contributed by atoms with van der Waals surface area (Å²) in [5.74, 6) is -2.14. The minimum atomic E-state index is -1.41. The predicted octanol–water partition coefficient (Wildman–Crippen LogP) is 3.26. The summed E-state index contributed by atoms with van der Waals surface area (Å²) >= 11 is 0. The Kier molecular flexibility index (Phi) is 7.97. The lowest BCUT2D eigenvalue weighted by Crippen LogP contribution is -2.68. The van der Waals surface area contributed by atoms with E-state index >= 15 is 0 Å². The number of nitrogens with zero attached hydrogens (tertiary/aromatic N) is 2. The number of esters is 2. The average Bonchev–Trinajstić information content (AvgIpc) is 3.38. The highest BCUT2D eigenvalue weighted by Gasteiger charge is 2.56. The van der Waals surface area contributed by atoms with Gasteiger partial charge in [0.25, 0.3) is 5.85 Å². The number of hydrogen-bond acceptors (Lipinski definition) is 7. The van der Waals surface area contributed by atoms with Crippen molar-refractivity contribution in [1.29, 1.82) is 0 Å². The molecule has 0 aromatic rings. The van der Waals surface area contributed by atoms with Crippen molar-refractivity contribution in [3.05, 3.63) is 0 Å². The first-order chi connectivity index (χ1) is 14.7. The molecule has 0 aromatic carbocycles. The standard InChI is InChI=1S/C23H39FN2O5/c1-5-29-20(27)17-8-10-19(11-9-17)30-23(25-13-6-7-14-25,21(28)31-22(2,3)4)26-15-12-18(24)16-26/h17-19H,5-16H2,1-4H3/t17?,18-,19?,23?/m0/s1. The number of halogens is 1. The van der Waals surface area contributed by atoms with E-state index in [1.807, 2.05) is 37.5 Å². The van der Waals surface area contributed by atoms with Gasteiger partial charge in [0.15, 0.2) is 0 Å². The number of carbonyl (C=O) groups excluding carboxylic acids is 2. The van der Waals surface area contributed by atoms with Crippen LogP contribution in [-0.2, 0) is 23.8 Å². The van der Waals surface area contributed by atoms with Gasteiger partial charge in [-0.3, -0.25) is 9.69 Å². The normalized spacial score (nSPS) is 30.2. The molecule has 3 rings (SSSR count). The van der Waals surface area contributed by atoms with E-state index in [9.17, 15) is 14.0 Å². The summed E-state index contributed by atoms with van der Waals surface area (Å²) in [6.07, 6.45) is 3.80. The van der Waals surface area contributed by atoms with Gasteiger partial charge < -0.3 is 14.2 Å². The molecule has 31 heavy (non-hydrogen) atoms. The Bertz CT molecular complexity index is 626. The Hall–Kier alpha value is -1.25. The molecule has 0 bridgehead atoms. The second kappa shape index (κ2) is 10.1. The summed E-state index contributed by atoms with van der Waals surface area (Å²) in [6.45, 7) is 9.75. The molecule has 1 unspecified atom stereocenters. The van der Waals surface area contributed by atoms with Crippen molar-refractivity contribution in [1.82, 2.24) is 9.80 Å². The lowest BCUT2D eigenvalue weighted by molar-refractivity contribution is -0.274. The molecule has 0 N–H and O–H groups in total. The van der Waals surface area contributed by atoms with E-state index in [0.29, 0.717) is 58.3 Å². The van der Waals surface area contributed by atoms with E-state index in [1.54, 1.807) is 0 Å². The number of carbonyl (C=O) groups is 2. The molecule has 2 atom stereocenters. The van der Waals surface area contributed by atoms with Gasteiger partial charge in [-0.15, -0.1) is 0 Å². The summed E-state index contributed by atoms with van der Waals surface area (Å²) in [6, 6.07) is 0. The molecule has 0 radical (unpaired) electrons. The largest absolute Gasteiger partial charge is 0.466 e. The van der Waals surface area contributed by atoms with E-state index in [1.165, 1.54) is 0 Å². The summed E-state index contributed by atoms with van der Waals surface area (Å²) < 4.78 is 31.9. The fraction of sp³-hybridized carbons (Fsp3) is 0.913. The highest BCUT2D eigenvalue weighted by molar-refractivity contribution is 5.79. The molecule has 2 heterocycles. The zero-order chi connectivity index (χ0) is 22.6. The van der Waals surface area contributed by atoms with Gasteiger partial charge in [-0.2, -0.15) is 0 Å². The topological polar surface area (TPSA) is 68.3 Å². The Morgan fingerprint density at radius 2 is 1.61 bits per heavy atom. The van der Waals surface area contributed by atoms with Crippen molar-refractivity contribution >= 4 is 11.9 Å². The van der Waals surface area contributed by atoms with Crippen LogP contribution < -0.4 is 0 Å². The van der Waals surface area contributed by atoms with Gasteiger partial charge in [-0.1, -0.05) is 0 Å². The van der Waals surface area contributed by atoms with Gasteiger partial charge in [0, 0.05) is 26.2 Å². The van der Waals surface area contributed by atoms with Gasteiger partial charge in [0.1, 0.15) is 11.8 Å². The predicted molar refractivity (Wildman–Crippen MR) is 114 cm³/mol. The third kappa shape index (κ3) is 5.76. The van der Waals surface area contributed by atoms with Crippen LogP contribution in [0, 0.1) is 5.92 Å². The zero-order valence-electron chi connectivity index (χ0n) is 19.5. The lowest BCUT2D eigenvalue weighted by Gasteiger charge is -2.48. The molecule has 0 spiro atoms. The average molecular weight is 443 g/mol. The van der Waals surface area contributed by atoms with E-state index in [4.69, 9.17) is 14.2 Å². The SMILES string of the molecule is CCOC(=O)C1CCC(OC(C(=O)OC(C)(C)C)(N2CCCC2)N2CC[C@H](F)C2)CC1. The number of hydrogen-bond donors (Lipinski definition) is 0. The Morgan fingerprint density at radius 3 is 2.13 bits per heavy atom. The molecular weight excluding hydrogens is 403 g/mol. The maximum atomic E-state index is 14.3. The van der Waals surface area contributed by atoms with E-state index < -0.39 is 23.6 Å². The first-order valence-electron chi connectivity index (χ1n) is 11.9. The molecule has 1 aliphatic carbocycles. The molecule has 178 valence electrons. The number of rotatable bonds is 7. The van der Waals surface area contributed by atoms with Crippen LogP contribution >= 0.6 is 0 Å². The minimum Gasteiger partial charge on any atom is -0.466 e. The third-order valence-electron chi connectivity index (χ3n) is 6.38. The van der Waals surface area contributed by atoms with Gasteiger partial charge in [0.2, 0.25) is 0 Å². The van der Waals surface area contributed by atoms with Crippen molar-refractivity contribution in [3.63, 3.8) is 0 Å². The highest BCUT2D eigenvalue weighted by atomic mass is 19.1. The van der Waals surface area contributed by atoms with Crippen molar-refractivity contribution < 1.29 is 28.2 Å². The quantitative estimate of drug-likeness (QED) is 0.561. The molecule has 3 aliphatic rings. The first kappa shape index (κ1) is 24.4. The number of likely N-dealkylation sites (tertiary alicyclic amines) is 2. The Balaban J connectivity index is 1.82. The Labute approximate surface area is 185 Å².